The Morgan fingerprint density at radius 3 is 2.46 bits per heavy atom. The zero-order valence-corrected chi connectivity index (χ0v) is 29.0. The molecule has 268 valence electrons. The molecule has 0 aromatic carbocycles. The van der Waals surface area contributed by atoms with E-state index in [-0.39, 0.29) is 42.6 Å². The van der Waals surface area contributed by atoms with Crippen LogP contribution in [0.1, 0.15) is 66.0 Å². The van der Waals surface area contributed by atoms with Crippen LogP contribution in [-0.2, 0) is 42.1 Å². The largest absolute Gasteiger partial charge is 0.465 e. The quantitative estimate of drug-likeness (QED) is 0.103. The first-order valence-electron chi connectivity index (χ1n) is 15.7. The molecule has 0 unspecified atom stereocenters. The number of methoxy groups -OCH3 is 1. The van der Waals surface area contributed by atoms with Crippen molar-refractivity contribution in [1.82, 2.24) is 25.2 Å². The predicted octanol–water partition coefficient (Wildman–Crippen LogP) is 3.85. The molecule has 2 amide bonds. The van der Waals surface area contributed by atoms with Crippen LogP contribution >= 0.6 is 19.2 Å². The molecule has 3 fully saturated rings. The minimum Gasteiger partial charge on any atom is -0.465 e. The molecule has 20 heteroatoms. The molecule has 2 aliphatic heterocycles. The molecule has 5 atom stereocenters. The Kier molecular flexibility index (Phi) is 11.3. The summed E-state index contributed by atoms with van der Waals surface area (Å²) in [6.45, 7) is 5.86. The van der Waals surface area contributed by atoms with Crippen LogP contribution in [0.25, 0.3) is 11.0 Å². The van der Waals surface area contributed by atoms with Gasteiger partial charge in [-0.15, -0.1) is 0 Å². The number of hydroxylamine groups is 1. The molecule has 2 saturated heterocycles. The number of rotatable bonds is 15. The number of anilines is 1. The number of hydrogen-bond donors (Lipinski definition) is 3. The summed E-state index contributed by atoms with van der Waals surface area (Å²) in [5.74, 6) is -1.87. The number of amides is 2. The second-order valence-corrected chi connectivity index (χ2v) is 14.8. The van der Waals surface area contributed by atoms with Crippen LogP contribution in [0.4, 0.5) is 10.6 Å². The van der Waals surface area contributed by atoms with Crippen molar-refractivity contribution in [2.75, 3.05) is 38.4 Å². The Hall–Kier alpha value is -2.51. The summed E-state index contributed by atoms with van der Waals surface area (Å²) < 4.78 is 57.3. The maximum Gasteiger partial charge on any atom is 0.413 e. The number of nitrogens with zero attached hydrogens (tertiary/aromatic N) is 5. The van der Waals surface area contributed by atoms with E-state index in [2.05, 4.69) is 15.1 Å². The topological polar surface area (TPSA) is 215 Å². The van der Waals surface area contributed by atoms with Crippen LogP contribution in [0, 0.1) is 0 Å². The number of halogens is 1. The molecule has 4 heterocycles. The molecule has 2 aromatic heterocycles. The first kappa shape index (κ1) is 36.8. The molecule has 0 spiro atoms. The normalized spacial score (nSPS) is 25.3. The van der Waals surface area contributed by atoms with Crippen molar-refractivity contribution in [1.29, 1.82) is 0 Å². The summed E-state index contributed by atoms with van der Waals surface area (Å²) in [6, 6.07) is -0.273. The second-order valence-electron chi connectivity index (χ2n) is 12.1. The van der Waals surface area contributed by atoms with Crippen molar-refractivity contribution in [3.05, 3.63) is 11.5 Å². The molecule has 1 saturated carbocycles. The number of hydrogen-bond acceptors (Lipinski definition) is 14. The molecule has 3 N–H and O–H groups in total. The Balaban J connectivity index is 1.51. The lowest BCUT2D eigenvalue weighted by atomic mass is 10.1. The van der Waals surface area contributed by atoms with Crippen molar-refractivity contribution in [2.45, 2.75) is 102 Å². The minimum absolute atomic E-state index is 0.0382. The van der Waals surface area contributed by atoms with E-state index in [0.29, 0.717) is 18.2 Å². The lowest BCUT2D eigenvalue weighted by Gasteiger charge is -2.38. The monoisotopic (exact) mass is 720 g/mol. The van der Waals surface area contributed by atoms with E-state index in [1.165, 1.54) is 28.4 Å². The number of carbonyl (C=O) groups excluding carboxylic acids is 1. The van der Waals surface area contributed by atoms with Crippen molar-refractivity contribution < 1.29 is 57.2 Å². The zero-order valence-electron chi connectivity index (χ0n) is 27.4. The van der Waals surface area contributed by atoms with Crippen LogP contribution in [-0.4, -0.2) is 111 Å². The van der Waals surface area contributed by atoms with Gasteiger partial charge < -0.3 is 37.8 Å². The van der Waals surface area contributed by atoms with Crippen molar-refractivity contribution >= 4 is 48.0 Å². The second kappa shape index (κ2) is 14.8. The van der Waals surface area contributed by atoms with E-state index in [1.54, 1.807) is 27.7 Å². The summed E-state index contributed by atoms with van der Waals surface area (Å²) >= 11 is 6.37. The smallest absolute Gasteiger partial charge is 0.413 e. The number of carbonyl (C=O) groups is 2. The van der Waals surface area contributed by atoms with Crippen molar-refractivity contribution in [2.24, 2.45) is 0 Å². The highest BCUT2D eigenvalue weighted by Crippen LogP contribution is 2.62. The van der Waals surface area contributed by atoms with Gasteiger partial charge in [0.1, 0.15) is 18.3 Å². The molecule has 0 bridgehead atoms. The highest BCUT2D eigenvalue weighted by Gasteiger charge is 2.59. The zero-order chi connectivity index (χ0) is 34.9. The van der Waals surface area contributed by atoms with Gasteiger partial charge in [0.15, 0.2) is 23.5 Å². The summed E-state index contributed by atoms with van der Waals surface area (Å²) in [7, 11) is -2.91. The Labute approximate surface area is 281 Å². The number of carboxylic acid groups (broad SMARTS) is 1. The molecule has 0 radical (unpaired) electrons. The van der Waals surface area contributed by atoms with E-state index in [1.807, 2.05) is 0 Å². The summed E-state index contributed by atoms with van der Waals surface area (Å²) in [4.78, 5) is 34.8. The van der Waals surface area contributed by atoms with Gasteiger partial charge in [-0.1, -0.05) is 12.8 Å². The summed E-state index contributed by atoms with van der Waals surface area (Å²) in [6.07, 6.45) is -0.624. The number of nitrogens with one attached hydrogen (secondary N) is 1. The van der Waals surface area contributed by atoms with Crippen LogP contribution in [0.15, 0.2) is 6.20 Å². The Morgan fingerprint density at radius 2 is 1.85 bits per heavy atom. The van der Waals surface area contributed by atoms with Gasteiger partial charge in [-0.3, -0.25) is 19.5 Å². The van der Waals surface area contributed by atoms with E-state index in [0.717, 1.165) is 12.8 Å². The van der Waals surface area contributed by atoms with Crippen LogP contribution in [0.2, 0.25) is 5.28 Å². The van der Waals surface area contributed by atoms with Gasteiger partial charge in [-0.2, -0.15) is 15.1 Å². The predicted molar refractivity (Wildman–Crippen MR) is 167 cm³/mol. The fourth-order valence-corrected chi connectivity index (χ4v) is 8.83. The molecular formula is C28H42ClN6O12P. The fraction of sp³-hybridized carbons (Fsp3) is 0.750. The number of aromatic nitrogens is 4. The molecule has 48 heavy (non-hydrogen) atoms. The fourth-order valence-electron chi connectivity index (χ4n) is 6.59. The minimum atomic E-state index is -4.24. The lowest BCUT2D eigenvalue weighted by Crippen LogP contribution is -2.46. The summed E-state index contributed by atoms with van der Waals surface area (Å²) in [5, 5.41) is 22.2. The summed E-state index contributed by atoms with van der Waals surface area (Å²) in [5.41, 5.74) is 1.74. The molecule has 5 rings (SSSR count). The van der Waals surface area contributed by atoms with Gasteiger partial charge >= 0.3 is 13.7 Å². The van der Waals surface area contributed by atoms with Crippen LogP contribution in [0.3, 0.4) is 0 Å². The van der Waals surface area contributed by atoms with Gasteiger partial charge in [-0.25, -0.2) is 15.0 Å². The SMILES string of the molecule is CCOP(=O)(OCC)[C@@](COC)(CC(=O)NO)OC[C@H]1O[C@@H](n2ncc3c(N(C(=O)O)C4CCCC4)nc(Cl)nc32)[C@@H]2OC(C)(C)O[C@@H]21. The van der Waals surface area contributed by atoms with E-state index >= 15 is 0 Å². The molecule has 2 aromatic rings. The first-order valence-corrected chi connectivity index (χ1v) is 17.6. The molecule has 1 aliphatic carbocycles. The standard InChI is InChI=1S/C28H42ClN6O12P/c1-6-43-48(40,44-7-2)28(15-41-5,12-19(36)33-39)42-14-18-20-21(47-27(3,4)46-20)24(45-18)35-23-17(13-30-35)22(31-25(29)32-23)34(26(37)38)16-10-8-9-11-16/h13,16,18,20-21,24,39H,6-12,14-15H2,1-5H3,(H,33,36)(H,37,38)/t18-,20-,21-,24-,28-/m1/s1. The molecule has 3 aliphatic rings. The number of fused-ring (bicyclic) bond motifs is 2. The average Bonchev–Trinajstić information content (AvgIpc) is 3.81. The highest BCUT2D eigenvalue weighted by molar-refractivity contribution is 7.55. The Morgan fingerprint density at radius 1 is 1.19 bits per heavy atom. The van der Waals surface area contributed by atoms with Crippen molar-refractivity contribution in [3.8, 4) is 0 Å². The van der Waals surface area contributed by atoms with Gasteiger partial charge in [0.2, 0.25) is 16.5 Å². The third-order valence-corrected chi connectivity index (χ3v) is 11.2. The van der Waals surface area contributed by atoms with Gasteiger partial charge in [0.05, 0.1) is 44.4 Å². The maximum absolute atomic E-state index is 14.2. The third-order valence-electron chi connectivity index (χ3n) is 8.44. The van der Waals surface area contributed by atoms with E-state index < -0.39 is 68.3 Å². The van der Waals surface area contributed by atoms with E-state index in [4.69, 9.17) is 44.3 Å². The van der Waals surface area contributed by atoms with Gasteiger partial charge in [-0.05, 0) is 52.1 Å². The lowest BCUT2D eigenvalue weighted by molar-refractivity contribution is -0.207. The van der Waals surface area contributed by atoms with E-state index in [9.17, 15) is 24.5 Å². The van der Waals surface area contributed by atoms with Gasteiger partial charge in [0.25, 0.3) is 0 Å². The van der Waals surface area contributed by atoms with Crippen molar-refractivity contribution in [3.63, 3.8) is 0 Å². The van der Waals surface area contributed by atoms with Crippen LogP contribution in [0.5, 0.6) is 0 Å². The molecular weight excluding hydrogens is 679 g/mol. The molecule has 18 nitrogen and oxygen atoms in total. The third kappa shape index (κ3) is 7.06. The average molecular weight is 721 g/mol. The maximum atomic E-state index is 14.2. The number of ether oxygens (including phenoxy) is 5. The Bertz CT molecular complexity index is 1520. The van der Waals surface area contributed by atoms with Gasteiger partial charge in [0, 0.05) is 13.2 Å². The highest BCUT2D eigenvalue weighted by atomic mass is 35.5. The van der Waals surface area contributed by atoms with Crippen LogP contribution < -0.4 is 10.4 Å². The first-order chi connectivity index (χ1) is 22.8.